The van der Waals surface area contributed by atoms with Crippen LogP contribution in [0, 0.1) is 17.3 Å². The number of halogens is 1. The van der Waals surface area contributed by atoms with E-state index in [9.17, 15) is 0 Å². The molecule has 6 atom stereocenters. The molecule has 0 saturated heterocycles. The molecule has 1 aromatic carbocycles. The molecule has 3 aliphatic carbocycles. The largest absolute Gasteiger partial charge is 0.328 e. The first kappa shape index (κ1) is 25.4. The lowest BCUT2D eigenvalue weighted by Crippen LogP contribution is -2.57. The van der Waals surface area contributed by atoms with E-state index in [0.717, 1.165) is 6.42 Å². The predicted octanol–water partition coefficient (Wildman–Crippen LogP) is 7.43. The summed E-state index contributed by atoms with van der Waals surface area (Å²) >= 11 is 8.79. The molecule has 0 aromatic heterocycles. The zero-order valence-corrected chi connectivity index (χ0v) is 21.8. The maximum atomic E-state index is 7.26. The van der Waals surface area contributed by atoms with Crippen molar-refractivity contribution >= 4 is 23.5 Å². The summed E-state index contributed by atoms with van der Waals surface area (Å²) in [5.41, 5.74) is 7.65. The van der Waals surface area contributed by atoms with Crippen molar-refractivity contribution in [3.63, 3.8) is 0 Å². The van der Waals surface area contributed by atoms with Gasteiger partial charge in [0.15, 0.2) is 0 Å². The smallest absolute Gasteiger partial charge is 0.0498 e. The number of nitrogens with two attached hydrogens (primary N) is 2. The second-order valence-corrected chi connectivity index (χ2v) is 12.8. The van der Waals surface area contributed by atoms with Gasteiger partial charge < -0.3 is 5.73 Å². The number of hydrogen-bond acceptors (Lipinski definition) is 3. The van der Waals surface area contributed by atoms with Crippen LogP contribution in [0.5, 0.6) is 0 Å². The molecule has 4 heteroatoms. The first-order valence-electron chi connectivity index (χ1n) is 12.5. The Kier molecular flexibility index (Phi) is 8.49. The SMILES string of the molecule is CCC1(Cl)C(C)CC2(c3ccccc3)CC1CC(C)(C(C)SN)C2.NC1CCCCC1. The topological polar surface area (TPSA) is 52.0 Å². The zero-order valence-electron chi connectivity index (χ0n) is 20.2. The summed E-state index contributed by atoms with van der Waals surface area (Å²) in [6, 6.07) is 11.7. The summed E-state index contributed by atoms with van der Waals surface area (Å²) in [4.78, 5) is -0.0566. The highest BCUT2D eigenvalue weighted by atomic mass is 35.5. The van der Waals surface area contributed by atoms with Crippen LogP contribution in [0.15, 0.2) is 30.3 Å². The van der Waals surface area contributed by atoms with E-state index in [0.29, 0.717) is 23.1 Å². The van der Waals surface area contributed by atoms with Gasteiger partial charge in [-0.25, -0.2) is 0 Å². The Morgan fingerprint density at radius 3 is 2.26 bits per heavy atom. The molecule has 0 amide bonds. The Balaban J connectivity index is 0.000000330. The average molecular weight is 465 g/mol. The lowest BCUT2D eigenvalue weighted by Gasteiger charge is -2.61. The van der Waals surface area contributed by atoms with Crippen LogP contribution >= 0.6 is 23.5 Å². The molecule has 3 aliphatic rings. The van der Waals surface area contributed by atoms with Gasteiger partial charge in [-0.1, -0.05) is 89.2 Å². The van der Waals surface area contributed by atoms with Gasteiger partial charge >= 0.3 is 0 Å². The summed E-state index contributed by atoms with van der Waals surface area (Å²) in [6.07, 6.45) is 12.6. The van der Waals surface area contributed by atoms with Crippen LogP contribution in [-0.2, 0) is 5.41 Å². The van der Waals surface area contributed by atoms with Crippen LogP contribution in [0.4, 0.5) is 0 Å². The van der Waals surface area contributed by atoms with Crippen molar-refractivity contribution in [1.82, 2.24) is 0 Å². The highest BCUT2D eigenvalue weighted by molar-refractivity contribution is 7.97. The summed E-state index contributed by atoms with van der Waals surface area (Å²) in [6.45, 7) is 9.40. The molecule has 3 fully saturated rings. The van der Waals surface area contributed by atoms with E-state index in [1.54, 1.807) is 0 Å². The van der Waals surface area contributed by atoms with Gasteiger partial charge in [-0.2, -0.15) is 0 Å². The Morgan fingerprint density at radius 2 is 1.74 bits per heavy atom. The molecule has 4 rings (SSSR count). The van der Waals surface area contributed by atoms with E-state index >= 15 is 0 Å². The van der Waals surface area contributed by atoms with E-state index < -0.39 is 0 Å². The fraction of sp³-hybridized carbons (Fsp3) is 0.778. The first-order chi connectivity index (χ1) is 14.7. The average Bonchev–Trinajstić information content (AvgIpc) is 2.78. The summed E-state index contributed by atoms with van der Waals surface area (Å²) < 4.78 is 0. The Hall–Kier alpha value is -0.220. The van der Waals surface area contributed by atoms with Crippen molar-refractivity contribution in [3.05, 3.63) is 35.9 Å². The first-order valence-corrected chi connectivity index (χ1v) is 13.9. The fourth-order valence-corrected chi connectivity index (χ4v) is 7.79. The number of fused-ring (bicyclic) bond motifs is 2. The quantitative estimate of drug-likeness (QED) is 0.359. The minimum atomic E-state index is -0.0566. The van der Waals surface area contributed by atoms with Crippen molar-refractivity contribution in [2.75, 3.05) is 0 Å². The number of alkyl halides is 1. The van der Waals surface area contributed by atoms with E-state index in [1.807, 2.05) is 0 Å². The van der Waals surface area contributed by atoms with Gasteiger partial charge in [0, 0.05) is 16.2 Å². The third kappa shape index (κ3) is 5.31. The van der Waals surface area contributed by atoms with Crippen LogP contribution in [-0.4, -0.2) is 16.2 Å². The van der Waals surface area contributed by atoms with Crippen LogP contribution in [0.25, 0.3) is 0 Å². The van der Waals surface area contributed by atoms with Gasteiger partial charge in [-0.3, -0.25) is 5.14 Å². The van der Waals surface area contributed by atoms with Gasteiger partial charge in [-0.15, -0.1) is 11.6 Å². The molecule has 6 unspecified atom stereocenters. The van der Waals surface area contributed by atoms with Crippen molar-refractivity contribution in [3.8, 4) is 0 Å². The van der Waals surface area contributed by atoms with Gasteiger partial charge in [-0.05, 0) is 73.2 Å². The molecular weight excluding hydrogens is 420 g/mol. The Bertz CT molecular complexity index is 690. The molecule has 31 heavy (non-hydrogen) atoms. The van der Waals surface area contributed by atoms with Gasteiger partial charge in [0.25, 0.3) is 0 Å². The maximum absolute atomic E-state index is 7.26. The van der Waals surface area contributed by atoms with E-state index in [2.05, 4.69) is 58.0 Å². The summed E-state index contributed by atoms with van der Waals surface area (Å²) in [5.74, 6) is 1.12. The van der Waals surface area contributed by atoms with Gasteiger partial charge in [0.1, 0.15) is 0 Å². The number of benzene rings is 1. The lowest BCUT2D eigenvalue weighted by molar-refractivity contribution is -0.00928. The maximum Gasteiger partial charge on any atom is 0.0498 e. The van der Waals surface area contributed by atoms with Gasteiger partial charge in [0.2, 0.25) is 0 Å². The zero-order chi connectivity index (χ0) is 22.7. The minimum Gasteiger partial charge on any atom is -0.328 e. The molecule has 0 aliphatic heterocycles. The van der Waals surface area contributed by atoms with Crippen molar-refractivity contribution < 1.29 is 0 Å². The predicted molar refractivity (Wildman–Crippen MR) is 139 cm³/mol. The molecule has 2 nitrogen and oxygen atoms in total. The van der Waals surface area contributed by atoms with Crippen LogP contribution in [0.1, 0.15) is 97.5 Å². The second-order valence-electron chi connectivity index (χ2n) is 11.1. The van der Waals surface area contributed by atoms with E-state index in [-0.39, 0.29) is 15.7 Å². The molecule has 3 saturated carbocycles. The molecule has 0 heterocycles. The second kappa shape index (κ2) is 10.4. The van der Waals surface area contributed by atoms with Crippen molar-refractivity contribution in [2.24, 2.45) is 28.1 Å². The molecule has 2 bridgehead atoms. The number of rotatable bonds is 4. The van der Waals surface area contributed by atoms with E-state index in [1.165, 1.54) is 75.3 Å². The highest BCUT2D eigenvalue weighted by Gasteiger charge is 2.59. The minimum absolute atomic E-state index is 0.0566. The number of hydrogen-bond donors (Lipinski definition) is 2. The summed E-state index contributed by atoms with van der Waals surface area (Å²) in [7, 11) is 0. The fourth-order valence-electron chi connectivity index (χ4n) is 7.05. The molecular formula is C27H45ClN2S. The Labute approximate surface area is 200 Å². The molecule has 4 N–H and O–H groups in total. The third-order valence-corrected chi connectivity index (χ3v) is 11.0. The van der Waals surface area contributed by atoms with Crippen LogP contribution in [0.3, 0.4) is 0 Å². The van der Waals surface area contributed by atoms with E-state index in [4.69, 9.17) is 22.5 Å². The van der Waals surface area contributed by atoms with Crippen molar-refractivity contribution in [1.29, 1.82) is 0 Å². The van der Waals surface area contributed by atoms with Crippen LogP contribution < -0.4 is 10.9 Å². The molecule has 0 radical (unpaired) electrons. The standard InChI is InChI=1S/C21H32ClNS.C6H13N/c1-5-21(22)15(2)11-20(17-9-7-6-8-10-17)13-18(21)12-19(4,14-20)16(3)24-23;7-6-4-2-1-3-5-6/h6-10,15-16,18H,5,11-14,23H2,1-4H3;6H,1-5,7H2. The van der Waals surface area contributed by atoms with Crippen LogP contribution in [0.2, 0.25) is 0 Å². The monoisotopic (exact) mass is 464 g/mol. The molecule has 176 valence electrons. The molecule has 1 aromatic rings. The van der Waals surface area contributed by atoms with Crippen molar-refractivity contribution in [2.45, 2.75) is 113 Å². The third-order valence-electron chi connectivity index (χ3n) is 9.05. The summed E-state index contributed by atoms with van der Waals surface area (Å²) in [5, 5.41) is 6.48. The lowest BCUT2D eigenvalue weighted by atomic mass is 9.47. The highest BCUT2D eigenvalue weighted by Crippen LogP contribution is 2.64. The van der Waals surface area contributed by atoms with Gasteiger partial charge in [0.05, 0.1) is 0 Å². The Morgan fingerprint density at radius 1 is 1.10 bits per heavy atom. The molecule has 0 spiro atoms. The normalized spacial score (nSPS) is 39.3.